The number of hydrogen-bond acceptors (Lipinski definition) is 3. The Morgan fingerprint density at radius 2 is 2.44 bits per heavy atom. The van der Waals surface area contributed by atoms with Crippen LogP contribution in [0.3, 0.4) is 0 Å². The van der Waals surface area contributed by atoms with Gasteiger partial charge in [-0.3, -0.25) is 14.9 Å². The number of aliphatic carboxylic acids is 1. The second-order valence-electron chi connectivity index (χ2n) is 5.13. The van der Waals surface area contributed by atoms with Crippen molar-refractivity contribution in [2.75, 3.05) is 6.54 Å². The Morgan fingerprint density at radius 3 is 2.94 bits per heavy atom. The van der Waals surface area contributed by atoms with Crippen LogP contribution in [-0.2, 0) is 4.79 Å². The highest BCUT2D eigenvalue weighted by atomic mass is 16.6. The summed E-state index contributed by atoms with van der Waals surface area (Å²) in [5.74, 6) is -0.383. The topological polar surface area (TPSA) is 80.4 Å². The number of nitrogens with zero attached hydrogens (tertiary/aromatic N) is 1. The summed E-state index contributed by atoms with van der Waals surface area (Å²) in [4.78, 5) is 21.1. The summed E-state index contributed by atoms with van der Waals surface area (Å²) < 4.78 is 0. The van der Waals surface area contributed by atoms with Crippen LogP contribution in [0.2, 0.25) is 0 Å². The van der Waals surface area contributed by atoms with Gasteiger partial charge in [-0.2, -0.15) is 0 Å². The number of allylic oxidation sites excluding steroid dienone is 2. The minimum atomic E-state index is -0.932. The fourth-order valence-corrected chi connectivity index (χ4v) is 3.40. The number of hydrogen-bond donors (Lipinski definition) is 1. The maximum Gasteiger partial charge on any atom is 0.304 e. The minimum absolute atomic E-state index is 0.0844. The Kier molecular flexibility index (Phi) is 2.48. The third-order valence-corrected chi connectivity index (χ3v) is 3.88. The van der Waals surface area contributed by atoms with Gasteiger partial charge in [0.25, 0.3) is 0 Å². The summed E-state index contributed by atoms with van der Waals surface area (Å²) in [7, 11) is 0. The molecule has 0 aromatic rings. The molecule has 0 unspecified atom stereocenters. The Morgan fingerprint density at radius 1 is 1.75 bits per heavy atom. The van der Waals surface area contributed by atoms with Crippen LogP contribution in [0, 0.1) is 27.4 Å². The van der Waals surface area contributed by atoms with E-state index in [1.165, 1.54) is 5.57 Å². The molecular weight excluding hydrogens is 210 g/mol. The average molecular weight is 225 g/mol. The van der Waals surface area contributed by atoms with Gasteiger partial charge >= 0.3 is 5.97 Å². The maximum absolute atomic E-state index is 10.8. The zero-order chi connectivity index (χ0) is 11.9. The minimum Gasteiger partial charge on any atom is -0.481 e. The van der Waals surface area contributed by atoms with Crippen molar-refractivity contribution in [3.8, 4) is 0 Å². The Bertz CT molecular complexity index is 358. The molecule has 2 aliphatic rings. The second kappa shape index (κ2) is 3.57. The highest BCUT2D eigenvalue weighted by Crippen LogP contribution is 2.59. The van der Waals surface area contributed by atoms with Gasteiger partial charge in [0.1, 0.15) is 0 Å². The molecule has 0 heterocycles. The van der Waals surface area contributed by atoms with Gasteiger partial charge in [0.2, 0.25) is 6.54 Å². The summed E-state index contributed by atoms with van der Waals surface area (Å²) in [6.07, 6.45) is 3.61. The molecule has 5 heteroatoms. The van der Waals surface area contributed by atoms with E-state index in [1.807, 2.05) is 13.0 Å². The van der Waals surface area contributed by atoms with Crippen LogP contribution in [0.15, 0.2) is 11.6 Å². The predicted octanol–water partition coefficient (Wildman–Crippen LogP) is 1.71. The van der Waals surface area contributed by atoms with Crippen molar-refractivity contribution in [3.63, 3.8) is 0 Å². The lowest BCUT2D eigenvalue weighted by molar-refractivity contribution is -0.505. The predicted molar refractivity (Wildman–Crippen MR) is 56.5 cm³/mol. The quantitative estimate of drug-likeness (QED) is 0.448. The number of carboxylic acids is 1. The highest BCUT2D eigenvalue weighted by Gasteiger charge is 2.58. The van der Waals surface area contributed by atoms with Crippen molar-refractivity contribution < 1.29 is 14.8 Å². The molecule has 2 aliphatic carbocycles. The third-order valence-electron chi connectivity index (χ3n) is 3.88. The van der Waals surface area contributed by atoms with Crippen molar-refractivity contribution in [1.82, 2.24) is 0 Å². The van der Waals surface area contributed by atoms with E-state index in [4.69, 9.17) is 5.11 Å². The lowest BCUT2D eigenvalue weighted by Crippen LogP contribution is -2.50. The van der Waals surface area contributed by atoms with Gasteiger partial charge in [0.05, 0.1) is 11.8 Å². The molecule has 1 fully saturated rings. The molecule has 5 nitrogen and oxygen atoms in total. The third kappa shape index (κ3) is 1.70. The summed E-state index contributed by atoms with van der Waals surface area (Å²) in [5.41, 5.74) is 0.614. The van der Waals surface area contributed by atoms with E-state index in [-0.39, 0.29) is 23.8 Å². The van der Waals surface area contributed by atoms with Crippen LogP contribution in [0.1, 0.15) is 26.2 Å². The van der Waals surface area contributed by atoms with Crippen LogP contribution in [0.25, 0.3) is 0 Å². The van der Waals surface area contributed by atoms with Crippen molar-refractivity contribution >= 4 is 5.97 Å². The average Bonchev–Trinajstić information content (AvgIpc) is 2.40. The highest BCUT2D eigenvalue weighted by molar-refractivity contribution is 5.68. The zero-order valence-electron chi connectivity index (χ0n) is 9.18. The van der Waals surface area contributed by atoms with Crippen LogP contribution in [-0.4, -0.2) is 22.5 Å². The molecule has 16 heavy (non-hydrogen) atoms. The zero-order valence-corrected chi connectivity index (χ0v) is 9.18. The van der Waals surface area contributed by atoms with E-state index in [0.29, 0.717) is 12.3 Å². The molecule has 1 N–H and O–H groups in total. The van der Waals surface area contributed by atoms with Gasteiger partial charge in [-0.1, -0.05) is 11.6 Å². The van der Waals surface area contributed by atoms with Crippen molar-refractivity contribution in [2.45, 2.75) is 26.2 Å². The molecule has 1 saturated carbocycles. The largest absolute Gasteiger partial charge is 0.481 e. The molecule has 0 aromatic carbocycles. The first-order valence-corrected chi connectivity index (χ1v) is 5.44. The van der Waals surface area contributed by atoms with E-state index < -0.39 is 11.4 Å². The van der Waals surface area contributed by atoms with E-state index in [0.717, 1.165) is 6.42 Å². The van der Waals surface area contributed by atoms with Gasteiger partial charge in [-0.05, 0) is 31.6 Å². The number of carbonyl (C=O) groups is 1. The number of rotatable bonds is 4. The van der Waals surface area contributed by atoms with Crippen molar-refractivity contribution in [3.05, 3.63) is 21.8 Å². The SMILES string of the molecule is CC1=C[C@@H]2[C@@H](C1)C[C@@]2(CC(=O)O)C[N+](=O)[O-]. The summed E-state index contributed by atoms with van der Waals surface area (Å²) in [6, 6.07) is 0. The molecule has 0 saturated heterocycles. The first-order chi connectivity index (χ1) is 7.43. The van der Waals surface area contributed by atoms with Gasteiger partial charge < -0.3 is 5.11 Å². The molecule has 0 amide bonds. The molecule has 2 rings (SSSR count). The Balaban J connectivity index is 2.17. The molecular formula is C11H15NO4. The standard InChI is InChI=1S/C11H15NO4/c1-7-2-8-4-11(5-10(13)14,6-12(15)16)9(8)3-7/h3,8-9H,2,4-6H2,1H3,(H,13,14)/t8-,9+,11+/m0/s1. The molecule has 88 valence electrons. The van der Waals surface area contributed by atoms with Gasteiger partial charge in [0.15, 0.2) is 0 Å². The van der Waals surface area contributed by atoms with E-state index in [2.05, 4.69) is 0 Å². The first kappa shape index (κ1) is 11.1. The van der Waals surface area contributed by atoms with Gasteiger partial charge in [0, 0.05) is 4.92 Å². The molecule has 3 atom stereocenters. The van der Waals surface area contributed by atoms with Crippen LogP contribution in [0.4, 0.5) is 0 Å². The fourth-order valence-electron chi connectivity index (χ4n) is 3.40. The normalized spacial score (nSPS) is 36.2. The monoisotopic (exact) mass is 225 g/mol. The van der Waals surface area contributed by atoms with E-state index in [1.54, 1.807) is 0 Å². The number of fused-ring (bicyclic) bond motifs is 1. The van der Waals surface area contributed by atoms with Crippen LogP contribution < -0.4 is 0 Å². The molecule has 0 spiro atoms. The van der Waals surface area contributed by atoms with Gasteiger partial charge in [-0.25, -0.2) is 0 Å². The maximum atomic E-state index is 10.8. The molecule has 0 aliphatic heterocycles. The van der Waals surface area contributed by atoms with Crippen LogP contribution in [0.5, 0.6) is 0 Å². The molecule has 0 bridgehead atoms. The number of nitro groups is 1. The van der Waals surface area contributed by atoms with Crippen LogP contribution >= 0.6 is 0 Å². The summed E-state index contributed by atoms with van der Waals surface area (Å²) >= 11 is 0. The first-order valence-electron chi connectivity index (χ1n) is 5.44. The van der Waals surface area contributed by atoms with E-state index >= 15 is 0 Å². The Hall–Kier alpha value is -1.39. The van der Waals surface area contributed by atoms with Gasteiger partial charge in [-0.15, -0.1) is 0 Å². The van der Waals surface area contributed by atoms with Crippen molar-refractivity contribution in [2.24, 2.45) is 17.3 Å². The lowest BCUT2D eigenvalue weighted by atomic mass is 9.53. The van der Waals surface area contributed by atoms with E-state index in [9.17, 15) is 14.9 Å². The van der Waals surface area contributed by atoms with Crippen molar-refractivity contribution in [1.29, 1.82) is 0 Å². The Labute approximate surface area is 93.3 Å². The lowest BCUT2D eigenvalue weighted by Gasteiger charge is -2.48. The summed E-state index contributed by atoms with van der Waals surface area (Å²) in [5, 5.41) is 19.5. The molecule has 0 radical (unpaired) electrons. The molecule has 0 aromatic heterocycles. The smallest absolute Gasteiger partial charge is 0.304 e. The fraction of sp³-hybridized carbons (Fsp3) is 0.727. The second-order valence-corrected chi connectivity index (χ2v) is 5.13. The number of carboxylic acid groups (broad SMARTS) is 1. The summed E-state index contributed by atoms with van der Waals surface area (Å²) in [6.45, 7) is 1.79.